The molecular weight excluding hydrogens is 278 g/mol. The molecule has 0 aromatic heterocycles. The number of alkyl carbamates (subject to hydrolysis) is 1. The SMILES string of the molecule is COC(=O)C(C)OC(NC(=O)OCc1ccccc1)OC. The van der Waals surface area contributed by atoms with Gasteiger partial charge in [-0.25, -0.2) is 9.59 Å². The van der Waals surface area contributed by atoms with E-state index in [1.807, 2.05) is 30.3 Å². The molecule has 0 spiro atoms. The number of esters is 1. The maximum atomic E-state index is 11.6. The molecule has 2 unspecified atom stereocenters. The first-order valence-electron chi connectivity index (χ1n) is 6.30. The molecule has 0 aliphatic heterocycles. The van der Waals surface area contributed by atoms with Crippen LogP contribution in [0.15, 0.2) is 30.3 Å². The maximum absolute atomic E-state index is 11.6. The summed E-state index contributed by atoms with van der Waals surface area (Å²) in [6.45, 7) is 1.60. The Kier molecular flexibility index (Phi) is 7.20. The molecule has 7 nitrogen and oxygen atoms in total. The minimum atomic E-state index is -1.11. The Morgan fingerprint density at radius 3 is 2.43 bits per heavy atom. The standard InChI is InChI=1S/C14H19NO6/c1-10(12(16)18-2)21-14(19-3)15-13(17)20-9-11-7-5-4-6-8-11/h4-8,10,14H,9H2,1-3H3,(H,15,17). The molecule has 1 aromatic carbocycles. The normalized spacial score (nSPS) is 13.1. The number of benzene rings is 1. The van der Waals surface area contributed by atoms with Gasteiger partial charge in [-0.05, 0) is 12.5 Å². The molecule has 0 heterocycles. The lowest BCUT2D eigenvalue weighted by atomic mass is 10.2. The summed E-state index contributed by atoms with van der Waals surface area (Å²) in [7, 11) is 2.57. The Bertz CT molecular complexity index is 450. The summed E-state index contributed by atoms with van der Waals surface area (Å²) in [6, 6.07) is 9.21. The van der Waals surface area contributed by atoms with Crippen LogP contribution in [0.25, 0.3) is 0 Å². The van der Waals surface area contributed by atoms with E-state index in [2.05, 4.69) is 10.1 Å². The molecule has 2 atom stereocenters. The molecule has 1 aromatic rings. The van der Waals surface area contributed by atoms with Crippen molar-refractivity contribution in [2.75, 3.05) is 14.2 Å². The Morgan fingerprint density at radius 1 is 1.19 bits per heavy atom. The third-order valence-corrected chi connectivity index (χ3v) is 2.52. The summed E-state index contributed by atoms with van der Waals surface area (Å²) < 4.78 is 19.6. The van der Waals surface area contributed by atoms with Crippen LogP contribution < -0.4 is 5.32 Å². The maximum Gasteiger partial charge on any atom is 0.411 e. The van der Waals surface area contributed by atoms with Crippen LogP contribution in [-0.4, -0.2) is 38.8 Å². The van der Waals surface area contributed by atoms with Gasteiger partial charge < -0.3 is 18.9 Å². The monoisotopic (exact) mass is 297 g/mol. The fraction of sp³-hybridized carbons (Fsp3) is 0.429. The number of ether oxygens (including phenoxy) is 4. The van der Waals surface area contributed by atoms with E-state index in [1.54, 1.807) is 0 Å². The highest BCUT2D eigenvalue weighted by atomic mass is 16.7. The predicted octanol–water partition coefficient (Wildman–Crippen LogP) is 1.42. The van der Waals surface area contributed by atoms with E-state index in [-0.39, 0.29) is 6.61 Å². The number of nitrogens with one attached hydrogen (secondary N) is 1. The van der Waals surface area contributed by atoms with Gasteiger partial charge in [-0.3, -0.25) is 5.32 Å². The van der Waals surface area contributed by atoms with Crippen LogP contribution in [0, 0.1) is 0 Å². The number of rotatable bonds is 7. The van der Waals surface area contributed by atoms with Crippen LogP contribution in [-0.2, 0) is 30.3 Å². The van der Waals surface area contributed by atoms with Gasteiger partial charge >= 0.3 is 12.1 Å². The molecule has 7 heteroatoms. The molecule has 1 amide bonds. The summed E-state index contributed by atoms with van der Waals surface area (Å²) in [5.41, 5.74) is 0.852. The van der Waals surface area contributed by atoms with Crippen molar-refractivity contribution in [2.45, 2.75) is 26.0 Å². The van der Waals surface area contributed by atoms with Crippen LogP contribution >= 0.6 is 0 Å². The van der Waals surface area contributed by atoms with E-state index in [0.717, 1.165) is 5.56 Å². The second-order valence-corrected chi connectivity index (χ2v) is 4.08. The second-order valence-electron chi connectivity index (χ2n) is 4.08. The molecule has 0 saturated heterocycles. The summed E-state index contributed by atoms with van der Waals surface area (Å²) in [4.78, 5) is 22.8. The van der Waals surface area contributed by atoms with Crippen molar-refractivity contribution in [1.82, 2.24) is 5.32 Å². The van der Waals surface area contributed by atoms with E-state index < -0.39 is 24.6 Å². The van der Waals surface area contributed by atoms with Gasteiger partial charge in [-0.15, -0.1) is 0 Å². The lowest BCUT2D eigenvalue weighted by molar-refractivity contribution is -0.188. The van der Waals surface area contributed by atoms with E-state index >= 15 is 0 Å². The van der Waals surface area contributed by atoms with Crippen LogP contribution in [0.5, 0.6) is 0 Å². The van der Waals surface area contributed by atoms with Crippen molar-refractivity contribution in [1.29, 1.82) is 0 Å². The van der Waals surface area contributed by atoms with Crippen LogP contribution in [0.4, 0.5) is 4.79 Å². The number of methoxy groups -OCH3 is 2. The Balaban J connectivity index is 2.38. The molecule has 0 aliphatic carbocycles. The summed E-state index contributed by atoms with van der Waals surface area (Å²) in [5, 5.41) is 2.33. The first-order valence-corrected chi connectivity index (χ1v) is 6.30. The number of hydrogen-bond acceptors (Lipinski definition) is 6. The van der Waals surface area contributed by atoms with Crippen molar-refractivity contribution in [2.24, 2.45) is 0 Å². The average molecular weight is 297 g/mol. The Labute approximate surface area is 123 Å². The van der Waals surface area contributed by atoms with Crippen molar-refractivity contribution in [3.8, 4) is 0 Å². The summed E-state index contributed by atoms with van der Waals surface area (Å²) >= 11 is 0. The third-order valence-electron chi connectivity index (χ3n) is 2.52. The number of hydrogen-bond donors (Lipinski definition) is 1. The Hall–Kier alpha value is -2.12. The van der Waals surface area contributed by atoms with Gasteiger partial charge in [-0.2, -0.15) is 0 Å². The predicted molar refractivity (Wildman–Crippen MR) is 73.1 cm³/mol. The smallest absolute Gasteiger partial charge is 0.411 e. The Morgan fingerprint density at radius 2 is 1.86 bits per heavy atom. The van der Waals surface area contributed by atoms with Gasteiger partial charge in [0.15, 0.2) is 6.10 Å². The van der Waals surface area contributed by atoms with E-state index in [9.17, 15) is 9.59 Å². The van der Waals surface area contributed by atoms with Gasteiger partial charge in [0.2, 0.25) is 6.41 Å². The molecule has 0 fully saturated rings. The topological polar surface area (TPSA) is 83.1 Å². The first kappa shape index (κ1) is 16.9. The van der Waals surface area contributed by atoms with Gasteiger partial charge in [0.1, 0.15) is 6.61 Å². The first-order chi connectivity index (χ1) is 10.1. The van der Waals surface area contributed by atoms with E-state index in [0.29, 0.717) is 0 Å². The minimum absolute atomic E-state index is 0.121. The van der Waals surface area contributed by atoms with Crippen molar-refractivity contribution < 1.29 is 28.5 Å². The van der Waals surface area contributed by atoms with Crippen LogP contribution in [0.2, 0.25) is 0 Å². The van der Waals surface area contributed by atoms with Crippen LogP contribution in [0.1, 0.15) is 12.5 Å². The van der Waals surface area contributed by atoms with Gasteiger partial charge in [0.25, 0.3) is 0 Å². The fourth-order valence-electron chi connectivity index (χ4n) is 1.42. The molecule has 116 valence electrons. The lowest BCUT2D eigenvalue weighted by Gasteiger charge is -2.20. The van der Waals surface area contributed by atoms with Crippen molar-refractivity contribution in [3.05, 3.63) is 35.9 Å². The largest absolute Gasteiger partial charge is 0.467 e. The number of amides is 1. The number of carbonyl (C=O) groups excluding carboxylic acids is 2. The highest BCUT2D eigenvalue weighted by Crippen LogP contribution is 2.02. The molecular formula is C14H19NO6. The molecule has 0 bridgehead atoms. The zero-order chi connectivity index (χ0) is 15.7. The van der Waals surface area contributed by atoms with Crippen molar-refractivity contribution in [3.63, 3.8) is 0 Å². The zero-order valence-electron chi connectivity index (χ0n) is 12.2. The second kappa shape index (κ2) is 8.93. The minimum Gasteiger partial charge on any atom is -0.467 e. The van der Waals surface area contributed by atoms with Gasteiger partial charge in [-0.1, -0.05) is 30.3 Å². The molecule has 1 N–H and O–H groups in total. The molecule has 0 saturated carbocycles. The zero-order valence-corrected chi connectivity index (χ0v) is 12.2. The third kappa shape index (κ3) is 6.24. The highest BCUT2D eigenvalue weighted by molar-refractivity contribution is 5.74. The molecule has 0 aliphatic rings. The van der Waals surface area contributed by atoms with Gasteiger partial charge in [0, 0.05) is 7.11 Å². The summed E-state index contributed by atoms with van der Waals surface area (Å²) in [5.74, 6) is -0.573. The number of carbonyl (C=O) groups is 2. The molecule has 21 heavy (non-hydrogen) atoms. The van der Waals surface area contributed by atoms with Crippen molar-refractivity contribution >= 4 is 12.1 Å². The van der Waals surface area contributed by atoms with Gasteiger partial charge in [0.05, 0.1) is 7.11 Å². The molecule has 0 radical (unpaired) electrons. The summed E-state index contributed by atoms with van der Waals surface area (Å²) in [6.07, 6.45) is -2.71. The quantitative estimate of drug-likeness (QED) is 0.605. The molecule has 1 rings (SSSR count). The van der Waals surface area contributed by atoms with Crippen LogP contribution in [0.3, 0.4) is 0 Å². The van der Waals surface area contributed by atoms with E-state index in [1.165, 1.54) is 21.1 Å². The lowest BCUT2D eigenvalue weighted by Crippen LogP contribution is -2.42. The average Bonchev–Trinajstić information content (AvgIpc) is 2.52. The highest BCUT2D eigenvalue weighted by Gasteiger charge is 2.21. The fourth-order valence-corrected chi connectivity index (χ4v) is 1.42. The van der Waals surface area contributed by atoms with E-state index in [4.69, 9.17) is 14.2 Å².